The van der Waals surface area contributed by atoms with Gasteiger partial charge in [0.05, 0.1) is 18.0 Å². The zero-order valence-corrected chi connectivity index (χ0v) is 19.0. The number of nitrogens with one attached hydrogen (secondary N) is 2. The number of aromatic nitrogens is 2. The number of aryl methyl sites for hydroxylation is 1. The highest BCUT2D eigenvalue weighted by molar-refractivity contribution is 7.18. The molecule has 2 aromatic heterocycles. The molecule has 0 aromatic carbocycles. The van der Waals surface area contributed by atoms with Crippen LogP contribution in [0, 0.1) is 6.92 Å². The first-order valence-corrected chi connectivity index (χ1v) is 11.0. The number of carbonyl (C=O) groups excluding carboxylic acids is 1. The number of nitrogens with zero attached hydrogens (tertiary/aromatic N) is 2. The molecule has 2 aromatic rings. The molecule has 0 bridgehead atoms. The molecule has 1 aliphatic heterocycles. The minimum Gasteiger partial charge on any atom is -0.443 e. The largest absolute Gasteiger partial charge is 0.443 e. The first kappa shape index (κ1) is 22.5. The minimum atomic E-state index is -0.594. The highest BCUT2D eigenvalue weighted by atomic mass is 32.1. The van der Waals surface area contributed by atoms with E-state index in [0.29, 0.717) is 36.5 Å². The Kier molecular flexibility index (Phi) is 6.68. The number of rotatable bonds is 6. The number of fused-ring (bicyclic) bond motifs is 1. The lowest BCUT2D eigenvalue weighted by atomic mass is 10.2. The fraction of sp³-hybridized carbons (Fsp3) is 0.650. The maximum Gasteiger partial charge on any atom is 0.422 e. The summed E-state index contributed by atoms with van der Waals surface area (Å²) in [5.74, 6) is 0. The van der Waals surface area contributed by atoms with Crippen molar-refractivity contribution in [2.24, 2.45) is 0 Å². The fourth-order valence-corrected chi connectivity index (χ4v) is 4.78. The molecule has 1 unspecified atom stereocenters. The van der Waals surface area contributed by atoms with E-state index >= 15 is 0 Å². The van der Waals surface area contributed by atoms with Crippen LogP contribution in [0.2, 0.25) is 0 Å². The third-order valence-electron chi connectivity index (χ3n) is 4.96. The van der Waals surface area contributed by atoms with Crippen LogP contribution in [0.25, 0.3) is 10.2 Å². The maximum atomic E-state index is 13.0. The third-order valence-corrected chi connectivity index (χ3v) is 6.27. The summed E-state index contributed by atoms with van der Waals surface area (Å²) in [6, 6.07) is 0. The van der Waals surface area contributed by atoms with Crippen LogP contribution in [-0.2, 0) is 29.1 Å². The van der Waals surface area contributed by atoms with Gasteiger partial charge < -0.3 is 9.47 Å². The summed E-state index contributed by atoms with van der Waals surface area (Å²) in [6.45, 7) is 10.8. The van der Waals surface area contributed by atoms with Gasteiger partial charge in [-0.15, -0.1) is 11.3 Å². The molecule has 0 saturated carbocycles. The lowest BCUT2D eigenvalue weighted by Crippen LogP contribution is -2.41. The molecule has 10 heteroatoms. The number of amides is 1. The fourth-order valence-electron chi connectivity index (χ4n) is 3.54. The second-order valence-electron chi connectivity index (χ2n) is 8.39. The average Bonchev–Trinajstić information content (AvgIpc) is 3.26. The zero-order valence-electron chi connectivity index (χ0n) is 18.2. The summed E-state index contributed by atoms with van der Waals surface area (Å²) >= 11 is 1.39. The molecule has 0 radical (unpaired) electrons. The lowest BCUT2D eigenvalue weighted by Gasteiger charge is -2.19. The number of thiophene rings is 1. The zero-order chi connectivity index (χ0) is 22.1. The summed E-state index contributed by atoms with van der Waals surface area (Å²) in [7, 11) is 0. The van der Waals surface area contributed by atoms with E-state index in [2.05, 4.69) is 10.9 Å². The van der Waals surface area contributed by atoms with Crippen LogP contribution in [0.5, 0.6) is 0 Å². The summed E-state index contributed by atoms with van der Waals surface area (Å²) in [6.07, 6.45) is 1.28. The van der Waals surface area contributed by atoms with Gasteiger partial charge in [0.1, 0.15) is 10.4 Å². The van der Waals surface area contributed by atoms with E-state index in [9.17, 15) is 14.4 Å². The van der Waals surface area contributed by atoms with E-state index in [1.165, 1.54) is 15.9 Å². The quantitative estimate of drug-likeness (QED) is 0.671. The topological polar surface area (TPSA) is 104 Å². The Hall–Kier alpha value is -2.17. The van der Waals surface area contributed by atoms with Crippen molar-refractivity contribution in [1.82, 2.24) is 20.0 Å². The smallest absolute Gasteiger partial charge is 0.422 e. The Morgan fingerprint density at radius 1 is 1.30 bits per heavy atom. The Morgan fingerprint density at radius 3 is 2.63 bits per heavy atom. The van der Waals surface area contributed by atoms with E-state index in [-0.39, 0.29) is 17.4 Å². The molecule has 1 fully saturated rings. The van der Waals surface area contributed by atoms with Crippen LogP contribution in [0.4, 0.5) is 4.79 Å². The predicted octanol–water partition coefficient (Wildman–Crippen LogP) is 2.26. The molecule has 1 amide bonds. The molecule has 0 aliphatic carbocycles. The molecule has 0 spiro atoms. The third kappa shape index (κ3) is 4.76. The second-order valence-corrected chi connectivity index (χ2v) is 9.47. The van der Waals surface area contributed by atoms with Gasteiger partial charge in [-0.25, -0.2) is 15.0 Å². The van der Waals surface area contributed by atoms with Crippen molar-refractivity contribution < 1.29 is 14.3 Å². The Labute approximate surface area is 178 Å². The molecule has 2 N–H and O–H groups in total. The van der Waals surface area contributed by atoms with Crippen LogP contribution in [0.3, 0.4) is 0 Å². The SMILES string of the molecule is CCn1c(=O)c2c(C)c(CNNC(=O)OC(C)(C)C)sc2n(CC2CCCO2)c1=O. The Morgan fingerprint density at radius 2 is 2.03 bits per heavy atom. The van der Waals surface area contributed by atoms with Crippen molar-refractivity contribution in [1.29, 1.82) is 0 Å². The van der Waals surface area contributed by atoms with Crippen molar-refractivity contribution in [3.05, 3.63) is 31.3 Å². The van der Waals surface area contributed by atoms with E-state index in [1.807, 2.05) is 6.92 Å². The van der Waals surface area contributed by atoms with Crippen molar-refractivity contribution in [3.63, 3.8) is 0 Å². The highest BCUT2D eigenvalue weighted by Gasteiger charge is 2.23. The molecule has 1 atom stereocenters. The number of hydrogen-bond acceptors (Lipinski definition) is 7. The van der Waals surface area contributed by atoms with Crippen molar-refractivity contribution in [2.45, 2.75) is 78.8 Å². The maximum absolute atomic E-state index is 13.0. The van der Waals surface area contributed by atoms with Gasteiger partial charge in [0.25, 0.3) is 5.56 Å². The molecule has 1 saturated heterocycles. The molecular weight excluding hydrogens is 408 g/mol. The van der Waals surface area contributed by atoms with Crippen LogP contribution in [-0.4, -0.2) is 33.5 Å². The summed E-state index contributed by atoms with van der Waals surface area (Å²) in [5.41, 5.74) is 4.98. The van der Waals surface area contributed by atoms with Gasteiger partial charge in [-0.05, 0) is 53.0 Å². The van der Waals surface area contributed by atoms with E-state index < -0.39 is 11.7 Å². The average molecular weight is 439 g/mol. The Balaban J connectivity index is 1.91. The van der Waals surface area contributed by atoms with Crippen LogP contribution in [0.1, 0.15) is 51.0 Å². The van der Waals surface area contributed by atoms with Gasteiger partial charge in [0.15, 0.2) is 0 Å². The van der Waals surface area contributed by atoms with Gasteiger partial charge in [0.2, 0.25) is 0 Å². The summed E-state index contributed by atoms with van der Waals surface area (Å²) in [5, 5.41) is 0.550. The minimum absolute atomic E-state index is 0.0217. The van der Waals surface area contributed by atoms with Crippen LogP contribution >= 0.6 is 11.3 Å². The monoisotopic (exact) mass is 438 g/mol. The molecule has 3 heterocycles. The van der Waals surface area contributed by atoms with Crippen molar-refractivity contribution in [3.8, 4) is 0 Å². The number of hydrogen-bond donors (Lipinski definition) is 2. The molecule has 3 rings (SSSR count). The van der Waals surface area contributed by atoms with Crippen molar-refractivity contribution in [2.75, 3.05) is 6.61 Å². The molecule has 30 heavy (non-hydrogen) atoms. The molecule has 166 valence electrons. The predicted molar refractivity (Wildman–Crippen MR) is 116 cm³/mol. The Bertz CT molecular complexity index is 1040. The van der Waals surface area contributed by atoms with Crippen LogP contribution in [0.15, 0.2) is 9.59 Å². The first-order chi connectivity index (χ1) is 14.1. The molecule has 1 aliphatic rings. The number of hydrazine groups is 1. The van der Waals surface area contributed by atoms with Crippen molar-refractivity contribution >= 4 is 27.6 Å². The first-order valence-electron chi connectivity index (χ1n) is 10.2. The van der Waals surface area contributed by atoms with E-state index in [0.717, 1.165) is 23.3 Å². The molecular formula is C20H30N4O5S. The van der Waals surface area contributed by atoms with Gasteiger partial charge in [-0.2, -0.15) is 0 Å². The van der Waals surface area contributed by atoms with E-state index in [4.69, 9.17) is 9.47 Å². The highest BCUT2D eigenvalue weighted by Crippen LogP contribution is 2.28. The standard InChI is InChI=1S/C20H30N4O5S/c1-6-23-16(25)15-12(2)14(10-21-22-18(26)29-20(3,4)5)30-17(15)24(19(23)27)11-13-8-7-9-28-13/h13,21H,6-11H2,1-5H3,(H,22,26). The second kappa shape index (κ2) is 8.91. The van der Waals surface area contributed by atoms with Crippen LogP contribution < -0.4 is 22.1 Å². The number of ether oxygens (including phenoxy) is 2. The van der Waals surface area contributed by atoms with Gasteiger partial charge >= 0.3 is 11.8 Å². The van der Waals surface area contributed by atoms with Gasteiger partial charge in [-0.3, -0.25) is 19.4 Å². The lowest BCUT2D eigenvalue weighted by molar-refractivity contribution is 0.0497. The van der Waals surface area contributed by atoms with E-state index in [1.54, 1.807) is 32.3 Å². The van der Waals surface area contributed by atoms with Gasteiger partial charge in [0, 0.05) is 24.6 Å². The normalized spacial score (nSPS) is 16.9. The number of carbonyl (C=O) groups is 1. The summed E-state index contributed by atoms with van der Waals surface area (Å²) < 4.78 is 13.9. The summed E-state index contributed by atoms with van der Waals surface area (Å²) in [4.78, 5) is 39.3. The van der Waals surface area contributed by atoms with Gasteiger partial charge in [-0.1, -0.05) is 0 Å². The molecule has 9 nitrogen and oxygen atoms in total.